The third-order valence-corrected chi connectivity index (χ3v) is 4.62. The number of nitrogens with zero attached hydrogens (tertiary/aromatic N) is 3. The molecule has 0 heterocycles. The van der Waals surface area contributed by atoms with Crippen molar-refractivity contribution in [1.29, 1.82) is 15.8 Å². The first-order valence-corrected chi connectivity index (χ1v) is 7.52. The highest BCUT2D eigenvalue weighted by atomic mass is 14.7. The molecule has 2 atom stereocenters. The molecule has 2 aromatic carbocycles. The van der Waals surface area contributed by atoms with Crippen LogP contribution in [0.3, 0.4) is 0 Å². The molecule has 0 fully saturated rings. The number of nitrogens with two attached hydrogens (primary N) is 1. The van der Waals surface area contributed by atoms with Crippen molar-refractivity contribution in [3.8, 4) is 18.2 Å². The molecule has 1 aliphatic rings. The zero-order valence-electron chi connectivity index (χ0n) is 12.8. The average Bonchev–Trinajstić information content (AvgIpc) is 2.91. The molecule has 0 unspecified atom stereocenters. The highest BCUT2D eigenvalue weighted by Gasteiger charge is 2.55. The fraction of sp³-hybridized carbons (Fsp3) is 0.150. The van der Waals surface area contributed by atoms with E-state index in [1.54, 1.807) is 0 Å². The topological polar surface area (TPSA) is 97.4 Å². The van der Waals surface area contributed by atoms with Gasteiger partial charge in [-0.3, -0.25) is 0 Å². The molecule has 0 aliphatic heterocycles. The molecule has 0 saturated carbocycles. The Kier molecular flexibility index (Phi) is 3.78. The number of benzene rings is 2. The monoisotopic (exact) mass is 310 g/mol. The summed E-state index contributed by atoms with van der Waals surface area (Å²) in [4.78, 5) is 0. The number of rotatable bonds is 2. The Morgan fingerprint density at radius 3 is 1.75 bits per heavy atom. The van der Waals surface area contributed by atoms with Crippen LogP contribution in [0.1, 0.15) is 23.0 Å². The molecule has 2 N–H and O–H groups in total. The summed E-state index contributed by atoms with van der Waals surface area (Å²) in [6.07, 6.45) is 0. The van der Waals surface area contributed by atoms with E-state index in [9.17, 15) is 15.8 Å². The third-order valence-electron chi connectivity index (χ3n) is 4.62. The van der Waals surface area contributed by atoms with Crippen molar-refractivity contribution in [3.05, 3.63) is 83.1 Å². The molecule has 0 radical (unpaired) electrons. The summed E-state index contributed by atoms with van der Waals surface area (Å²) in [5, 5.41) is 29.3. The predicted molar refractivity (Wildman–Crippen MR) is 88.9 cm³/mol. The van der Waals surface area contributed by atoms with Crippen LogP contribution in [-0.2, 0) is 0 Å². The van der Waals surface area contributed by atoms with Gasteiger partial charge in [0, 0.05) is 11.8 Å². The molecule has 2 aromatic rings. The molecule has 24 heavy (non-hydrogen) atoms. The average molecular weight is 310 g/mol. The normalized spacial score (nSPS) is 21.5. The largest absolute Gasteiger partial charge is 0.399 e. The van der Waals surface area contributed by atoms with Gasteiger partial charge in [-0.2, -0.15) is 15.8 Å². The fourth-order valence-electron chi connectivity index (χ4n) is 3.50. The van der Waals surface area contributed by atoms with Gasteiger partial charge in [-0.1, -0.05) is 60.7 Å². The van der Waals surface area contributed by atoms with Crippen LogP contribution in [0.5, 0.6) is 0 Å². The number of hydrogen-bond acceptors (Lipinski definition) is 4. The predicted octanol–water partition coefficient (Wildman–Crippen LogP) is 3.34. The first kappa shape index (κ1) is 15.3. The van der Waals surface area contributed by atoms with Crippen LogP contribution in [0.2, 0.25) is 0 Å². The maximum atomic E-state index is 9.80. The summed E-state index contributed by atoms with van der Waals surface area (Å²) in [5.41, 5.74) is 6.68. The van der Waals surface area contributed by atoms with Gasteiger partial charge in [0.2, 0.25) is 0 Å². The molecule has 4 heteroatoms. The van der Waals surface area contributed by atoms with Crippen LogP contribution in [0.4, 0.5) is 0 Å². The van der Waals surface area contributed by atoms with E-state index in [0.29, 0.717) is 5.57 Å². The minimum atomic E-state index is -1.55. The van der Waals surface area contributed by atoms with E-state index in [-0.39, 0.29) is 5.70 Å². The molecule has 114 valence electrons. The van der Waals surface area contributed by atoms with Crippen molar-refractivity contribution < 1.29 is 0 Å². The van der Waals surface area contributed by atoms with Crippen LogP contribution < -0.4 is 5.73 Å². The van der Waals surface area contributed by atoms with Gasteiger partial charge < -0.3 is 5.73 Å². The minimum Gasteiger partial charge on any atom is -0.399 e. The van der Waals surface area contributed by atoms with Crippen LogP contribution in [0.15, 0.2) is 71.9 Å². The first-order valence-electron chi connectivity index (χ1n) is 7.52. The third kappa shape index (κ3) is 2.04. The second kappa shape index (κ2) is 5.92. The summed E-state index contributed by atoms with van der Waals surface area (Å²) in [6.45, 7) is 0. The van der Waals surface area contributed by atoms with E-state index in [1.807, 2.05) is 60.7 Å². The lowest BCUT2D eigenvalue weighted by molar-refractivity contribution is 0.475. The Morgan fingerprint density at radius 1 is 0.792 bits per heavy atom. The lowest BCUT2D eigenvalue weighted by Gasteiger charge is -2.28. The Morgan fingerprint density at radius 2 is 1.29 bits per heavy atom. The highest BCUT2D eigenvalue weighted by Crippen LogP contribution is 2.57. The van der Waals surface area contributed by atoms with Crippen molar-refractivity contribution in [2.24, 2.45) is 11.1 Å². The maximum absolute atomic E-state index is 9.80. The Bertz CT molecular complexity index is 894. The standard InChI is InChI=1S/C20H14N4/c21-11-16-17(14-7-3-1-4-8-14)18(15-9-5-2-6-10-15)20(12-22,13-23)19(16)24/h1-10,17-18H,24H2/t17-,18-/m1/s1. The van der Waals surface area contributed by atoms with Crippen molar-refractivity contribution in [3.63, 3.8) is 0 Å². The van der Waals surface area contributed by atoms with E-state index in [1.165, 1.54) is 0 Å². The van der Waals surface area contributed by atoms with Crippen molar-refractivity contribution in [1.82, 2.24) is 0 Å². The van der Waals surface area contributed by atoms with Gasteiger partial charge in [-0.25, -0.2) is 0 Å². The fourth-order valence-corrected chi connectivity index (χ4v) is 3.50. The number of allylic oxidation sites excluding steroid dienone is 2. The second-order valence-corrected chi connectivity index (χ2v) is 5.75. The van der Waals surface area contributed by atoms with Crippen LogP contribution in [-0.4, -0.2) is 0 Å². The van der Waals surface area contributed by atoms with Gasteiger partial charge in [0.15, 0.2) is 5.41 Å². The summed E-state index contributed by atoms with van der Waals surface area (Å²) in [6, 6.07) is 25.1. The summed E-state index contributed by atoms with van der Waals surface area (Å²) in [7, 11) is 0. The number of hydrogen-bond donors (Lipinski definition) is 1. The van der Waals surface area contributed by atoms with Crippen molar-refractivity contribution in [2.75, 3.05) is 0 Å². The lowest BCUT2D eigenvalue weighted by Crippen LogP contribution is -2.29. The molecule has 0 bridgehead atoms. The molecule has 0 aromatic heterocycles. The minimum absolute atomic E-state index is 0.0673. The van der Waals surface area contributed by atoms with Gasteiger partial charge in [0.05, 0.1) is 29.5 Å². The first-order chi connectivity index (χ1) is 11.7. The number of nitriles is 3. The zero-order chi connectivity index (χ0) is 17.2. The van der Waals surface area contributed by atoms with Crippen molar-refractivity contribution >= 4 is 0 Å². The van der Waals surface area contributed by atoms with Gasteiger partial charge in [-0.15, -0.1) is 0 Å². The summed E-state index contributed by atoms with van der Waals surface area (Å²) in [5.74, 6) is -0.941. The molecule has 3 rings (SSSR count). The Hall–Kier alpha value is -3.55. The van der Waals surface area contributed by atoms with E-state index in [0.717, 1.165) is 11.1 Å². The zero-order valence-corrected chi connectivity index (χ0v) is 12.8. The van der Waals surface area contributed by atoms with Crippen LogP contribution in [0, 0.1) is 39.4 Å². The second-order valence-electron chi connectivity index (χ2n) is 5.75. The molecule has 1 aliphatic carbocycles. The molecular formula is C20H14N4. The van der Waals surface area contributed by atoms with Gasteiger partial charge in [0.1, 0.15) is 0 Å². The van der Waals surface area contributed by atoms with E-state index < -0.39 is 17.3 Å². The van der Waals surface area contributed by atoms with Crippen molar-refractivity contribution in [2.45, 2.75) is 11.8 Å². The van der Waals surface area contributed by atoms with Crippen LogP contribution in [0.25, 0.3) is 0 Å². The SMILES string of the molecule is N#CC1=C(N)C(C#N)(C#N)[C@H](c2ccccc2)[C@@H]1c1ccccc1. The Balaban J connectivity index is 2.31. The van der Waals surface area contributed by atoms with E-state index in [2.05, 4.69) is 18.2 Å². The summed E-state index contributed by atoms with van der Waals surface area (Å²) < 4.78 is 0. The van der Waals surface area contributed by atoms with Crippen LogP contribution >= 0.6 is 0 Å². The maximum Gasteiger partial charge on any atom is 0.191 e. The van der Waals surface area contributed by atoms with E-state index in [4.69, 9.17) is 5.73 Å². The smallest absolute Gasteiger partial charge is 0.191 e. The highest BCUT2D eigenvalue weighted by molar-refractivity contribution is 5.58. The van der Waals surface area contributed by atoms with Gasteiger partial charge in [-0.05, 0) is 11.1 Å². The quantitative estimate of drug-likeness (QED) is 0.919. The lowest BCUT2D eigenvalue weighted by atomic mass is 9.70. The summed E-state index contributed by atoms with van der Waals surface area (Å²) >= 11 is 0. The molecule has 0 spiro atoms. The van der Waals surface area contributed by atoms with Gasteiger partial charge in [0.25, 0.3) is 0 Å². The molecule has 4 nitrogen and oxygen atoms in total. The molecular weight excluding hydrogens is 296 g/mol. The van der Waals surface area contributed by atoms with Gasteiger partial charge >= 0.3 is 0 Å². The Labute approximate surface area is 140 Å². The van der Waals surface area contributed by atoms with E-state index >= 15 is 0 Å². The molecule has 0 amide bonds. The molecule has 0 saturated heterocycles.